The molecule has 0 fully saturated rings. The molecule has 0 atom stereocenters. The Morgan fingerprint density at radius 2 is 1.68 bits per heavy atom. The van der Waals surface area contributed by atoms with Crippen molar-refractivity contribution in [2.45, 2.75) is 37.5 Å². The molecular weight excluding hydrogens is 334 g/mol. The number of amides is 1. The lowest BCUT2D eigenvalue weighted by molar-refractivity contribution is -0.136. The molecule has 2 aromatic rings. The van der Waals surface area contributed by atoms with Crippen molar-refractivity contribution in [2.75, 3.05) is 11.1 Å². The van der Waals surface area contributed by atoms with E-state index in [2.05, 4.69) is 38.2 Å². The first-order valence-electron chi connectivity index (χ1n) is 8.08. The second kappa shape index (κ2) is 8.21. The molecule has 5 heteroatoms. The first-order chi connectivity index (χ1) is 11.8. The van der Waals surface area contributed by atoms with Crippen LogP contribution in [0.15, 0.2) is 53.4 Å². The van der Waals surface area contributed by atoms with Gasteiger partial charge in [-0.3, -0.25) is 9.59 Å². The lowest BCUT2D eigenvalue weighted by atomic mass is 9.87. The maximum Gasteiger partial charge on any atom is 0.307 e. The maximum atomic E-state index is 12.2. The SMILES string of the molecule is CC(C)(C)c1ccc(SCC(=O)Nc2ccccc2CC(=O)O)cc1. The minimum absolute atomic E-state index is 0.106. The molecule has 4 nitrogen and oxygen atoms in total. The molecule has 0 radical (unpaired) electrons. The van der Waals surface area contributed by atoms with Crippen molar-refractivity contribution in [3.63, 3.8) is 0 Å². The number of carbonyl (C=O) groups is 2. The van der Waals surface area contributed by atoms with Gasteiger partial charge in [0.05, 0.1) is 12.2 Å². The van der Waals surface area contributed by atoms with Gasteiger partial charge in [-0.1, -0.05) is 51.1 Å². The van der Waals surface area contributed by atoms with Gasteiger partial charge in [-0.15, -0.1) is 11.8 Å². The number of carboxylic acids is 1. The van der Waals surface area contributed by atoms with E-state index in [1.54, 1.807) is 24.3 Å². The van der Waals surface area contributed by atoms with Crippen LogP contribution in [0.1, 0.15) is 31.9 Å². The van der Waals surface area contributed by atoms with Gasteiger partial charge in [0.15, 0.2) is 0 Å². The van der Waals surface area contributed by atoms with E-state index >= 15 is 0 Å². The maximum absolute atomic E-state index is 12.2. The van der Waals surface area contributed by atoms with Crippen LogP contribution in [0.25, 0.3) is 0 Å². The second-order valence-electron chi connectivity index (χ2n) is 6.84. The molecule has 0 aliphatic rings. The third kappa shape index (κ3) is 5.94. The minimum atomic E-state index is -0.921. The summed E-state index contributed by atoms with van der Waals surface area (Å²) in [5.74, 6) is -0.797. The van der Waals surface area contributed by atoms with E-state index < -0.39 is 5.97 Å². The van der Waals surface area contributed by atoms with Gasteiger partial charge in [0, 0.05) is 10.6 Å². The molecular formula is C20H23NO3S. The van der Waals surface area contributed by atoms with E-state index in [-0.39, 0.29) is 23.5 Å². The van der Waals surface area contributed by atoms with Crippen LogP contribution in [0.3, 0.4) is 0 Å². The molecule has 2 rings (SSSR count). The van der Waals surface area contributed by atoms with Gasteiger partial charge >= 0.3 is 5.97 Å². The first-order valence-corrected chi connectivity index (χ1v) is 9.07. The Labute approximate surface area is 152 Å². The highest BCUT2D eigenvalue weighted by Gasteiger charge is 2.13. The number of nitrogens with one attached hydrogen (secondary N) is 1. The number of rotatable bonds is 6. The summed E-state index contributed by atoms with van der Waals surface area (Å²) in [5.41, 5.74) is 2.51. The highest BCUT2D eigenvalue weighted by molar-refractivity contribution is 8.00. The Bertz CT molecular complexity index is 748. The largest absolute Gasteiger partial charge is 0.481 e. The highest BCUT2D eigenvalue weighted by Crippen LogP contribution is 2.26. The van der Waals surface area contributed by atoms with Crippen LogP contribution < -0.4 is 5.32 Å². The number of aliphatic carboxylic acids is 1. The van der Waals surface area contributed by atoms with Crippen LogP contribution in [-0.4, -0.2) is 22.7 Å². The van der Waals surface area contributed by atoms with Crippen molar-refractivity contribution < 1.29 is 14.7 Å². The average molecular weight is 357 g/mol. The van der Waals surface area contributed by atoms with Gasteiger partial charge in [0.25, 0.3) is 0 Å². The van der Waals surface area contributed by atoms with Crippen molar-refractivity contribution in [3.8, 4) is 0 Å². The quantitative estimate of drug-likeness (QED) is 0.755. The van der Waals surface area contributed by atoms with Gasteiger partial charge in [0.2, 0.25) is 5.91 Å². The molecule has 0 saturated heterocycles. The fraction of sp³-hybridized carbons (Fsp3) is 0.300. The molecule has 132 valence electrons. The molecule has 0 aromatic heterocycles. The number of carboxylic acid groups (broad SMARTS) is 1. The lowest BCUT2D eigenvalue weighted by Gasteiger charge is -2.19. The van der Waals surface area contributed by atoms with E-state index in [1.165, 1.54) is 17.3 Å². The Balaban J connectivity index is 1.94. The zero-order valence-electron chi connectivity index (χ0n) is 14.7. The highest BCUT2D eigenvalue weighted by atomic mass is 32.2. The van der Waals surface area contributed by atoms with Crippen LogP contribution in [0.2, 0.25) is 0 Å². The van der Waals surface area contributed by atoms with Crippen LogP contribution in [0, 0.1) is 0 Å². The average Bonchev–Trinajstić information content (AvgIpc) is 2.54. The number of hydrogen-bond acceptors (Lipinski definition) is 3. The number of carbonyl (C=O) groups excluding carboxylic acids is 1. The summed E-state index contributed by atoms with van der Waals surface area (Å²) in [6.07, 6.45) is -0.113. The molecule has 2 aromatic carbocycles. The molecule has 0 bridgehead atoms. The Morgan fingerprint density at radius 1 is 1.04 bits per heavy atom. The van der Waals surface area contributed by atoms with Crippen LogP contribution in [0.4, 0.5) is 5.69 Å². The predicted octanol–water partition coefficient (Wildman–Crippen LogP) is 4.34. The third-order valence-electron chi connectivity index (χ3n) is 3.72. The van der Waals surface area contributed by atoms with E-state index in [9.17, 15) is 9.59 Å². The summed E-state index contributed by atoms with van der Waals surface area (Å²) < 4.78 is 0. The smallest absolute Gasteiger partial charge is 0.307 e. The Kier molecular flexibility index (Phi) is 6.26. The number of hydrogen-bond donors (Lipinski definition) is 2. The van der Waals surface area contributed by atoms with E-state index in [0.29, 0.717) is 11.3 Å². The standard InChI is InChI=1S/C20H23NO3S/c1-20(2,3)15-8-10-16(11-9-15)25-13-18(22)21-17-7-5-4-6-14(17)12-19(23)24/h4-11H,12-13H2,1-3H3,(H,21,22)(H,23,24). The zero-order valence-corrected chi connectivity index (χ0v) is 15.5. The van der Waals surface area contributed by atoms with E-state index in [4.69, 9.17) is 5.11 Å². The molecule has 2 N–H and O–H groups in total. The van der Waals surface area contributed by atoms with Gasteiger partial charge < -0.3 is 10.4 Å². The fourth-order valence-electron chi connectivity index (χ4n) is 2.35. The van der Waals surface area contributed by atoms with E-state index in [0.717, 1.165) is 4.90 Å². The van der Waals surface area contributed by atoms with Crippen molar-refractivity contribution in [1.82, 2.24) is 0 Å². The fourth-order valence-corrected chi connectivity index (χ4v) is 3.04. The molecule has 25 heavy (non-hydrogen) atoms. The van der Waals surface area contributed by atoms with Gasteiger partial charge in [-0.05, 0) is 34.7 Å². The molecule has 0 aliphatic carbocycles. The number of anilines is 1. The Hall–Kier alpha value is -2.27. The molecule has 0 spiro atoms. The normalized spacial score (nSPS) is 11.2. The van der Waals surface area contributed by atoms with Gasteiger partial charge in [0.1, 0.15) is 0 Å². The summed E-state index contributed by atoms with van der Waals surface area (Å²) in [7, 11) is 0. The first kappa shape index (κ1) is 19.1. The minimum Gasteiger partial charge on any atom is -0.481 e. The third-order valence-corrected chi connectivity index (χ3v) is 4.74. The molecule has 1 amide bonds. The van der Waals surface area contributed by atoms with Crippen LogP contribution >= 0.6 is 11.8 Å². The predicted molar refractivity (Wildman–Crippen MR) is 102 cm³/mol. The van der Waals surface area contributed by atoms with Crippen molar-refractivity contribution in [2.24, 2.45) is 0 Å². The van der Waals surface area contributed by atoms with Crippen molar-refractivity contribution >= 4 is 29.3 Å². The monoisotopic (exact) mass is 357 g/mol. The molecule has 0 saturated carbocycles. The summed E-state index contributed by atoms with van der Waals surface area (Å²) in [4.78, 5) is 24.1. The van der Waals surface area contributed by atoms with Gasteiger partial charge in [-0.25, -0.2) is 0 Å². The molecule has 0 aliphatic heterocycles. The molecule has 0 heterocycles. The number of para-hydroxylation sites is 1. The summed E-state index contributed by atoms with van der Waals surface area (Å²) in [6.45, 7) is 6.49. The summed E-state index contributed by atoms with van der Waals surface area (Å²) in [5, 5.41) is 11.7. The zero-order chi connectivity index (χ0) is 18.4. The number of thioether (sulfide) groups is 1. The topological polar surface area (TPSA) is 66.4 Å². The summed E-state index contributed by atoms with van der Waals surface area (Å²) >= 11 is 1.46. The Morgan fingerprint density at radius 3 is 2.28 bits per heavy atom. The van der Waals surface area contributed by atoms with Gasteiger partial charge in [-0.2, -0.15) is 0 Å². The van der Waals surface area contributed by atoms with Crippen molar-refractivity contribution in [1.29, 1.82) is 0 Å². The number of benzene rings is 2. The van der Waals surface area contributed by atoms with Crippen molar-refractivity contribution in [3.05, 3.63) is 59.7 Å². The summed E-state index contributed by atoms with van der Waals surface area (Å²) in [6, 6.07) is 15.2. The second-order valence-corrected chi connectivity index (χ2v) is 7.89. The molecule has 0 unspecified atom stereocenters. The van der Waals surface area contributed by atoms with Crippen LogP contribution in [-0.2, 0) is 21.4 Å². The van der Waals surface area contributed by atoms with Crippen LogP contribution in [0.5, 0.6) is 0 Å². The lowest BCUT2D eigenvalue weighted by Crippen LogP contribution is -2.16. The van der Waals surface area contributed by atoms with E-state index in [1.807, 2.05) is 12.1 Å².